The number of halogens is 2. The van der Waals surface area contributed by atoms with E-state index in [1.54, 1.807) is 12.1 Å². The average molecular weight is 276 g/mol. The summed E-state index contributed by atoms with van der Waals surface area (Å²) in [6, 6.07) is 9.06. The molecule has 2 aromatic carbocycles. The molecule has 0 saturated heterocycles. The molecule has 2 aromatic rings. The smallest absolute Gasteiger partial charge is 0.129 e. The summed E-state index contributed by atoms with van der Waals surface area (Å²) >= 11 is 0. The van der Waals surface area contributed by atoms with Gasteiger partial charge >= 0.3 is 0 Å². The topological polar surface area (TPSA) is 29.5 Å². The van der Waals surface area contributed by atoms with Crippen LogP contribution < -0.4 is 4.74 Å². The first-order valence-corrected chi connectivity index (χ1v) is 6.52. The average Bonchev–Trinajstić information content (AvgIpc) is 2.90. The van der Waals surface area contributed by atoms with Crippen LogP contribution in [0.4, 0.5) is 8.78 Å². The van der Waals surface area contributed by atoms with Gasteiger partial charge in [-0.1, -0.05) is 12.1 Å². The van der Waals surface area contributed by atoms with Crippen LogP contribution >= 0.6 is 0 Å². The summed E-state index contributed by atoms with van der Waals surface area (Å²) in [4.78, 5) is 0. The molecule has 1 atom stereocenters. The van der Waals surface area contributed by atoms with Crippen molar-refractivity contribution < 1.29 is 18.6 Å². The highest BCUT2D eigenvalue weighted by Crippen LogP contribution is 2.30. The molecule has 0 spiro atoms. The third-order valence-electron chi connectivity index (χ3n) is 3.56. The van der Waals surface area contributed by atoms with Gasteiger partial charge in [-0.05, 0) is 35.4 Å². The maximum Gasteiger partial charge on any atom is 0.129 e. The Balaban J connectivity index is 1.84. The van der Waals surface area contributed by atoms with Crippen molar-refractivity contribution in [2.24, 2.45) is 0 Å². The van der Waals surface area contributed by atoms with E-state index < -0.39 is 17.7 Å². The quantitative estimate of drug-likeness (QED) is 0.933. The largest absolute Gasteiger partial charge is 0.493 e. The SMILES string of the molecule is OC(Cc1c(F)cccc1F)c1ccc2c(c1)CCO2. The lowest BCUT2D eigenvalue weighted by Crippen LogP contribution is -2.06. The zero-order valence-corrected chi connectivity index (χ0v) is 10.8. The standard InChI is InChI=1S/C16H14F2O2/c17-13-2-1-3-14(18)12(13)9-15(19)10-4-5-16-11(8-10)6-7-20-16/h1-5,8,15,19H,6-7,9H2. The van der Waals surface area contributed by atoms with Gasteiger partial charge in [0.15, 0.2) is 0 Å². The molecule has 1 unspecified atom stereocenters. The summed E-state index contributed by atoms with van der Waals surface area (Å²) in [6.45, 7) is 0.636. The minimum atomic E-state index is -0.938. The van der Waals surface area contributed by atoms with Crippen LogP contribution in [0.15, 0.2) is 36.4 Å². The van der Waals surface area contributed by atoms with Gasteiger partial charge in [0, 0.05) is 18.4 Å². The van der Waals surface area contributed by atoms with Crippen molar-refractivity contribution in [1.29, 1.82) is 0 Å². The molecule has 0 saturated carbocycles. The van der Waals surface area contributed by atoms with E-state index in [0.29, 0.717) is 12.2 Å². The highest BCUT2D eigenvalue weighted by Gasteiger charge is 2.18. The Kier molecular flexibility index (Phi) is 3.40. The molecule has 0 amide bonds. The molecule has 1 N–H and O–H groups in total. The molecule has 3 rings (SSSR count). The minimum absolute atomic E-state index is 0.0852. The maximum absolute atomic E-state index is 13.6. The van der Waals surface area contributed by atoms with Gasteiger partial charge in [-0.3, -0.25) is 0 Å². The molecule has 1 heterocycles. The fraction of sp³-hybridized carbons (Fsp3) is 0.250. The van der Waals surface area contributed by atoms with Crippen LogP contribution in [-0.4, -0.2) is 11.7 Å². The number of aliphatic hydroxyl groups excluding tert-OH is 1. The van der Waals surface area contributed by atoms with Crippen LogP contribution in [0.25, 0.3) is 0 Å². The summed E-state index contributed by atoms with van der Waals surface area (Å²) < 4.78 is 32.5. The van der Waals surface area contributed by atoms with Crippen molar-refractivity contribution >= 4 is 0 Å². The Morgan fingerprint density at radius 1 is 1.15 bits per heavy atom. The van der Waals surface area contributed by atoms with Gasteiger partial charge in [-0.25, -0.2) is 8.78 Å². The number of hydrogen-bond acceptors (Lipinski definition) is 2. The molecule has 2 nitrogen and oxygen atoms in total. The third kappa shape index (κ3) is 2.39. The first-order chi connectivity index (χ1) is 9.65. The van der Waals surface area contributed by atoms with E-state index >= 15 is 0 Å². The van der Waals surface area contributed by atoms with Crippen LogP contribution in [0.5, 0.6) is 5.75 Å². The van der Waals surface area contributed by atoms with Crippen LogP contribution in [0, 0.1) is 11.6 Å². The van der Waals surface area contributed by atoms with E-state index in [1.165, 1.54) is 18.2 Å². The molecule has 0 fully saturated rings. The second-order valence-corrected chi connectivity index (χ2v) is 4.89. The lowest BCUT2D eigenvalue weighted by Gasteiger charge is -2.13. The fourth-order valence-electron chi connectivity index (χ4n) is 2.45. The lowest BCUT2D eigenvalue weighted by molar-refractivity contribution is 0.175. The van der Waals surface area contributed by atoms with Crippen molar-refractivity contribution in [2.75, 3.05) is 6.61 Å². The Labute approximate surface area is 115 Å². The Bertz CT molecular complexity index is 620. The van der Waals surface area contributed by atoms with Gasteiger partial charge < -0.3 is 9.84 Å². The van der Waals surface area contributed by atoms with Crippen LogP contribution in [0.1, 0.15) is 22.8 Å². The van der Waals surface area contributed by atoms with E-state index in [9.17, 15) is 13.9 Å². The number of benzene rings is 2. The number of aliphatic hydroxyl groups is 1. The second kappa shape index (κ2) is 5.21. The zero-order valence-electron chi connectivity index (χ0n) is 10.8. The van der Waals surface area contributed by atoms with E-state index in [2.05, 4.69) is 0 Å². The first-order valence-electron chi connectivity index (χ1n) is 6.52. The van der Waals surface area contributed by atoms with Crippen LogP contribution in [0.3, 0.4) is 0 Å². The van der Waals surface area contributed by atoms with E-state index in [-0.39, 0.29) is 12.0 Å². The Hall–Kier alpha value is -1.94. The number of ether oxygens (including phenoxy) is 1. The number of rotatable bonds is 3. The van der Waals surface area contributed by atoms with Crippen LogP contribution in [0.2, 0.25) is 0 Å². The van der Waals surface area contributed by atoms with Gasteiger partial charge in [0.05, 0.1) is 12.7 Å². The molecule has 104 valence electrons. The Morgan fingerprint density at radius 2 is 1.90 bits per heavy atom. The van der Waals surface area contributed by atoms with Crippen molar-refractivity contribution in [3.8, 4) is 5.75 Å². The van der Waals surface area contributed by atoms with Crippen LogP contribution in [-0.2, 0) is 12.8 Å². The predicted octanol–water partition coefficient (Wildman–Crippen LogP) is 3.18. The molecule has 0 radical (unpaired) electrons. The van der Waals surface area contributed by atoms with Crippen molar-refractivity contribution in [2.45, 2.75) is 18.9 Å². The molecule has 0 aromatic heterocycles. The van der Waals surface area contributed by atoms with Crippen molar-refractivity contribution in [1.82, 2.24) is 0 Å². The number of fused-ring (bicyclic) bond motifs is 1. The highest BCUT2D eigenvalue weighted by molar-refractivity contribution is 5.40. The first kappa shape index (κ1) is 13.1. The molecule has 4 heteroatoms. The molecular weight excluding hydrogens is 262 g/mol. The molecule has 0 bridgehead atoms. The Morgan fingerprint density at radius 3 is 2.65 bits per heavy atom. The summed E-state index contributed by atoms with van der Waals surface area (Å²) in [5, 5.41) is 10.2. The second-order valence-electron chi connectivity index (χ2n) is 4.89. The summed E-state index contributed by atoms with van der Waals surface area (Å²) in [6.07, 6.45) is -0.227. The van der Waals surface area contributed by atoms with Crippen molar-refractivity contribution in [3.63, 3.8) is 0 Å². The molecule has 1 aliphatic rings. The maximum atomic E-state index is 13.6. The van der Waals surface area contributed by atoms with E-state index in [1.807, 2.05) is 6.07 Å². The number of hydrogen-bond donors (Lipinski definition) is 1. The monoisotopic (exact) mass is 276 g/mol. The summed E-state index contributed by atoms with van der Waals surface area (Å²) in [5.74, 6) is -0.444. The fourth-order valence-corrected chi connectivity index (χ4v) is 2.45. The van der Waals surface area contributed by atoms with Gasteiger partial charge in [-0.15, -0.1) is 0 Å². The van der Waals surface area contributed by atoms with Gasteiger partial charge in [0.25, 0.3) is 0 Å². The lowest BCUT2D eigenvalue weighted by atomic mass is 9.98. The van der Waals surface area contributed by atoms with Crippen molar-refractivity contribution in [3.05, 3.63) is 64.7 Å². The predicted molar refractivity (Wildman–Crippen MR) is 70.7 cm³/mol. The van der Waals surface area contributed by atoms with Gasteiger partial charge in [0.1, 0.15) is 17.4 Å². The normalized spacial score (nSPS) is 14.8. The summed E-state index contributed by atoms with van der Waals surface area (Å²) in [7, 11) is 0. The van der Waals surface area contributed by atoms with Gasteiger partial charge in [-0.2, -0.15) is 0 Å². The minimum Gasteiger partial charge on any atom is -0.493 e. The van der Waals surface area contributed by atoms with Gasteiger partial charge in [0.2, 0.25) is 0 Å². The zero-order chi connectivity index (χ0) is 14.1. The molecule has 1 aliphatic heterocycles. The third-order valence-corrected chi connectivity index (χ3v) is 3.56. The molecule has 20 heavy (non-hydrogen) atoms. The molecular formula is C16H14F2O2. The molecule has 0 aliphatic carbocycles. The summed E-state index contributed by atoms with van der Waals surface area (Å²) in [5.41, 5.74) is 1.59. The van der Waals surface area contributed by atoms with E-state index in [4.69, 9.17) is 4.74 Å². The highest BCUT2D eigenvalue weighted by atomic mass is 19.1. The van der Waals surface area contributed by atoms with E-state index in [0.717, 1.165) is 17.7 Å².